The fourth-order valence-corrected chi connectivity index (χ4v) is 5.25. The summed E-state index contributed by atoms with van der Waals surface area (Å²) in [6, 6.07) is 13.3. The van der Waals surface area contributed by atoms with E-state index in [0.717, 1.165) is 24.1 Å². The van der Waals surface area contributed by atoms with Crippen LogP contribution in [0.4, 0.5) is 5.69 Å². The highest BCUT2D eigenvalue weighted by Crippen LogP contribution is 2.30. The highest BCUT2D eigenvalue weighted by atomic mass is 32.2. The number of anilines is 1. The third-order valence-electron chi connectivity index (χ3n) is 6.17. The number of amides is 2. The van der Waals surface area contributed by atoms with Crippen LogP contribution in [0.15, 0.2) is 53.4 Å². The lowest BCUT2D eigenvalue weighted by Crippen LogP contribution is -2.47. The molecule has 1 aliphatic carbocycles. The number of piperazine rings is 1. The first-order chi connectivity index (χ1) is 15.7. The fourth-order valence-electron chi connectivity index (χ4n) is 3.78. The Labute approximate surface area is 195 Å². The van der Waals surface area contributed by atoms with E-state index < -0.39 is 10.0 Å². The Bertz CT molecular complexity index is 1120. The summed E-state index contributed by atoms with van der Waals surface area (Å²) in [5.74, 6) is -0.154. The van der Waals surface area contributed by atoms with Crippen LogP contribution in [0, 0.1) is 5.92 Å². The van der Waals surface area contributed by atoms with Gasteiger partial charge in [0, 0.05) is 43.3 Å². The van der Waals surface area contributed by atoms with E-state index in [4.69, 9.17) is 0 Å². The normalized spacial score (nSPS) is 18.5. The summed E-state index contributed by atoms with van der Waals surface area (Å²) in [7, 11) is -1.68. The van der Waals surface area contributed by atoms with Gasteiger partial charge in [-0.05, 0) is 62.7 Å². The van der Waals surface area contributed by atoms with E-state index in [1.165, 1.54) is 16.4 Å². The molecule has 1 saturated carbocycles. The van der Waals surface area contributed by atoms with Crippen molar-refractivity contribution in [1.29, 1.82) is 0 Å². The molecule has 2 aliphatic rings. The lowest BCUT2D eigenvalue weighted by atomic mass is 10.1. The summed E-state index contributed by atoms with van der Waals surface area (Å²) in [4.78, 5) is 26.9. The molecule has 2 fully saturated rings. The highest BCUT2D eigenvalue weighted by molar-refractivity contribution is 7.89. The zero-order chi connectivity index (χ0) is 23.6. The second kappa shape index (κ2) is 9.62. The number of hydrogen-bond acceptors (Lipinski definition) is 5. The molecule has 33 heavy (non-hydrogen) atoms. The molecule has 1 unspecified atom stereocenters. The summed E-state index contributed by atoms with van der Waals surface area (Å²) in [6.07, 6.45) is 1.90. The predicted octanol–water partition coefficient (Wildman–Crippen LogP) is 2.46. The largest absolute Gasteiger partial charge is 0.346 e. The minimum absolute atomic E-state index is 0.0514. The third kappa shape index (κ3) is 5.61. The van der Waals surface area contributed by atoms with Gasteiger partial charge >= 0.3 is 0 Å². The van der Waals surface area contributed by atoms with Crippen LogP contribution in [-0.4, -0.2) is 62.7 Å². The van der Waals surface area contributed by atoms with Gasteiger partial charge in [-0.25, -0.2) is 8.42 Å². The topological polar surface area (TPSA) is 98.8 Å². The van der Waals surface area contributed by atoms with Crippen molar-refractivity contribution < 1.29 is 18.0 Å². The second-order valence-corrected chi connectivity index (χ2v) is 10.8. The number of likely N-dealkylation sites (N-methyl/N-ethyl adjacent to an activating group) is 1. The molecular formula is C24H30N4O4S. The minimum Gasteiger partial charge on any atom is -0.346 e. The van der Waals surface area contributed by atoms with Gasteiger partial charge in [-0.1, -0.05) is 18.2 Å². The number of benzene rings is 2. The second-order valence-electron chi connectivity index (χ2n) is 8.82. The molecule has 2 amide bonds. The summed E-state index contributed by atoms with van der Waals surface area (Å²) < 4.78 is 27.5. The number of sulfonamides is 1. The van der Waals surface area contributed by atoms with Crippen molar-refractivity contribution in [2.24, 2.45) is 5.92 Å². The number of rotatable bonds is 7. The van der Waals surface area contributed by atoms with Crippen LogP contribution < -0.4 is 10.6 Å². The molecule has 1 aliphatic heterocycles. The SMILES string of the molecule is CC(NC(=O)c1cccc(S(=O)(=O)N2CCN(C)CC2)c1)c1ccc(NC(=O)C2CC2)cc1. The van der Waals surface area contributed by atoms with E-state index in [1.807, 2.05) is 38.2 Å². The van der Waals surface area contributed by atoms with Crippen LogP contribution in [0.25, 0.3) is 0 Å². The Morgan fingerprint density at radius 2 is 1.67 bits per heavy atom. The molecular weight excluding hydrogens is 440 g/mol. The van der Waals surface area contributed by atoms with Gasteiger partial charge in [0.1, 0.15) is 0 Å². The number of carbonyl (C=O) groups excluding carboxylic acids is 2. The summed E-state index contributed by atoms with van der Waals surface area (Å²) in [6.45, 7) is 4.09. The van der Waals surface area contributed by atoms with Crippen molar-refractivity contribution >= 4 is 27.5 Å². The maximum atomic E-state index is 13.0. The lowest BCUT2D eigenvalue weighted by Gasteiger charge is -2.31. The number of nitrogens with zero attached hydrogens (tertiary/aromatic N) is 2. The molecule has 9 heteroatoms. The molecule has 0 bridgehead atoms. The molecule has 0 spiro atoms. The quantitative estimate of drug-likeness (QED) is 0.648. The van der Waals surface area contributed by atoms with Gasteiger partial charge in [0.15, 0.2) is 0 Å². The number of carbonyl (C=O) groups is 2. The molecule has 2 aromatic carbocycles. The van der Waals surface area contributed by atoms with Crippen molar-refractivity contribution in [3.8, 4) is 0 Å². The predicted molar refractivity (Wildman–Crippen MR) is 126 cm³/mol. The van der Waals surface area contributed by atoms with E-state index >= 15 is 0 Å². The zero-order valence-electron chi connectivity index (χ0n) is 19.0. The van der Waals surface area contributed by atoms with Gasteiger partial charge in [0.2, 0.25) is 15.9 Å². The first-order valence-corrected chi connectivity index (χ1v) is 12.7. The zero-order valence-corrected chi connectivity index (χ0v) is 19.8. The smallest absolute Gasteiger partial charge is 0.251 e. The molecule has 176 valence electrons. The molecule has 0 aromatic heterocycles. The van der Waals surface area contributed by atoms with Gasteiger partial charge in [-0.3, -0.25) is 9.59 Å². The van der Waals surface area contributed by atoms with Crippen LogP contribution >= 0.6 is 0 Å². The first-order valence-electron chi connectivity index (χ1n) is 11.2. The average Bonchev–Trinajstić information content (AvgIpc) is 3.65. The van der Waals surface area contributed by atoms with Gasteiger partial charge in [-0.2, -0.15) is 4.31 Å². The van der Waals surface area contributed by atoms with Crippen LogP contribution in [0.1, 0.15) is 41.7 Å². The van der Waals surface area contributed by atoms with Crippen molar-refractivity contribution in [3.05, 3.63) is 59.7 Å². The number of hydrogen-bond donors (Lipinski definition) is 2. The molecule has 1 heterocycles. The Morgan fingerprint density at radius 1 is 1.00 bits per heavy atom. The first kappa shape index (κ1) is 23.4. The minimum atomic E-state index is -3.65. The van der Waals surface area contributed by atoms with Gasteiger partial charge in [0.05, 0.1) is 10.9 Å². The van der Waals surface area contributed by atoms with Crippen molar-refractivity contribution in [3.63, 3.8) is 0 Å². The summed E-state index contributed by atoms with van der Waals surface area (Å²) >= 11 is 0. The molecule has 1 atom stereocenters. The molecule has 4 rings (SSSR count). The van der Waals surface area contributed by atoms with E-state index in [1.54, 1.807) is 12.1 Å². The van der Waals surface area contributed by atoms with Crippen molar-refractivity contribution in [1.82, 2.24) is 14.5 Å². The fraction of sp³-hybridized carbons (Fsp3) is 0.417. The maximum Gasteiger partial charge on any atom is 0.251 e. The van der Waals surface area contributed by atoms with Crippen molar-refractivity contribution in [2.75, 3.05) is 38.5 Å². The lowest BCUT2D eigenvalue weighted by molar-refractivity contribution is -0.117. The van der Waals surface area contributed by atoms with Crippen LogP contribution in [-0.2, 0) is 14.8 Å². The molecule has 2 N–H and O–H groups in total. The van der Waals surface area contributed by atoms with Crippen LogP contribution in [0.3, 0.4) is 0 Å². The standard InChI is InChI=1S/C24H30N4O4S/c1-17(18-8-10-21(11-9-18)26-23(29)19-6-7-19)25-24(30)20-4-3-5-22(16-20)33(31,32)28-14-12-27(2)13-15-28/h3-5,8-11,16-17,19H,6-7,12-15H2,1-2H3,(H,25,30)(H,26,29). The highest BCUT2D eigenvalue weighted by Gasteiger charge is 2.30. The van der Waals surface area contributed by atoms with Crippen molar-refractivity contribution in [2.45, 2.75) is 30.7 Å². The van der Waals surface area contributed by atoms with Gasteiger partial charge < -0.3 is 15.5 Å². The van der Waals surface area contributed by atoms with E-state index in [-0.39, 0.29) is 28.7 Å². The molecule has 1 saturated heterocycles. The Kier molecular flexibility index (Phi) is 6.83. The number of nitrogens with one attached hydrogen (secondary N) is 2. The van der Waals surface area contributed by atoms with E-state index in [0.29, 0.717) is 31.7 Å². The van der Waals surface area contributed by atoms with E-state index in [9.17, 15) is 18.0 Å². The molecule has 2 aromatic rings. The monoisotopic (exact) mass is 470 g/mol. The molecule has 0 radical (unpaired) electrons. The Morgan fingerprint density at radius 3 is 2.30 bits per heavy atom. The van der Waals surface area contributed by atoms with Gasteiger partial charge in [-0.15, -0.1) is 0 Å². The maximum absolute atomic E-state index is 13.0. The average molecular weight is 471 g/mol. The van der Waals surface area contributed by atoms with Crippen LogP contribution in [0.2, 0.25) is 0 Å². The molecule has 8 nitrogen and oxygen atoms in total. The van der Waals surface area contributed by atoms with Gasteiger partial charge in [0.25, 0.3) is 5.91 Å². The summed E-state index contributed by atoms with van der Waals surface area (Å²) in [5, 5.41) is 5.82. The van der Waals surface area contributed by atoms with E-state index in [2.05, 4.69) is 15.5 Å². The Hall–Kier alpha value is -2.75. The summed E-state index contributed by atoms with van der Waals surface area (Å²) in [5.41, 5.74) is 1.91. The Balaban J connectivity index is 1.40. The third-order valence-corrected chi connectivity index (χ3v) is 8.06. The van der Waals surface area contributed by atoms with Crippen LogP contribution in [0.5, 0.6) is 0 Å².